The van der Waals surface area contributed by atoms with Gasteiger partial charge >= 0.3 is 27.6 Å². The number of unbranched alkanes of at least 4 members (excludes halogenated alkanes) is 12. The van der Waals surface area contributed by atoms with Gasteiger partial charge in [0.25, 0.3) is 0 Å². The fourth-order valence-electron chi connectivity index (χ4n) is 6.89. The maximum atomic E-state index is 13.0. The number of aliphatic hydroxyl groups is 6. The summed E-state index contributed by atoms with van der Waals surface area (Å²) in [5.74, 6) is -1.40. The van der Waals surface area contributed by atoms with Crippen LogP contribution in [0, 0.1) is 0 Å². The van der Waals surface area contributed by atoms with Crippen LogP contribution in [-0.2, 0) is 41.8 Å². The molecule has 5 unspecified atom stereocenters. The zero-order chi connectivity index (χ0) is 51.3. The average Bonchev–Trinajstić information content (AvgIpc) is 3.29. The van der Waals surface area contributed by atoms with Crippen molar-refractivity contribution >= 4 is 27.6 Å². The Morgan fingerprint density at radius 2 is 1.09 bits per heavy atom. The van der Waals surface area contributed by atoms with Crippen LogP contribution in [0.2, 0.25) is 0 Å². The van der Waals surface area contributed by atoms with Crippen molar-refractivity contribution in [1.82, 2.24) is 0 Å². The first-order valence-electron chi connectivity index (χ1n) is 24.4. The Bertz CT molecular complexity index is 1690. The van der Waals surface area contributed by atoms with E-state index in [-0.39, 0.29) is 19.3 Å². The Hall–Kier alpha value is -2.90. The molecule has 0 heterocycles. The molecule has 0 bridgehead atoms. The highest BCUT2D eigenvalue weighted by molar-refractivity contribution is 7.47. The largest absolute Gasteiger partial charge is 0.472 e. The summed E-state index contributed by atoms with van der Waals surface area (Å²) in [4.78, 5) is 54.3. The van der Waals surface area contributed by atoms with Crippen LogP contribution in [0.3, 0.4) is 0 Å². The second-order valence-electron chi connectivity index (χ2n) is 16.8. The van der Waals surface area contributed by atoms with Crippen molar-refractivity contribution in [3.63, 3.8) is 0 Å². The fourth-order valence-corrected chi connectivity index (χ4v) is 8.42. The molecule has 9 N–H and O–H groups in total. The number of phosphoric acid groups is 2. The minimum atomic E-state index is -5.39. The number of allylic oxidation sites excluding steroid dienone is 10. The lowest BCUT2D eigenvalue weighted by Gasteiger charge is -2.43. The first-order chi connectivity index (χ1) is 32.9. The van der Waals surface area contributed by atoms with Crippen LogP contribution >= 0.6 is 15.6 Å². The number of phosphoric ester groups is 2. The SMILES string of the molecule is CC/C=C\CCCCCCCCCCCCCC(=O)OC[C@H](COP(=O)(O)O[C@H]1C(O)C(O)C(O)[C@@H](OP(=O)(O)O)C1O)OC(=O)CCC/C=C\[C@@H](O)/C=C/C=C\C/C=C\C=C\[C@@H](O)C/C=C\CC. The predicted molar refractivity (Wildman–Crippen MR) is 262 cm³/mol. The smallest absolute Gasteiger partial charge is 0.462 e. The van der Waals surface area contributed by atoms with Gasteiger partial charge in [0.2, 0.25) is 0 Å². The summed E-state index contributed by atoms with van der Waals surface area (Å²) >= 11 is 0. The molecule has 0 spiro atoms. The van der Waals surface area contributed by atoms with Crippen molar-refractivity contribution in [2.45, 2.75) is 197 Å². The number of ether oxygens (including phenoxy) is 2. The monoisotopic (exact) mass is 1020 g/mol. The van der Waals surface area contributed by atoms with E-state index in [0.717, 1.165) is 44.9 Å². The third-order valence-electron chi connectivity index (χ3n) is 10.6. The van der Waals surface area contributed by atoms with Gasteiger partial charge in [-0.05, 0) is 57.8 Å². The normalized spacial score (nSPS) is 22.8. The van der Waals surface area contributed by atoms with Crippen molar-refractivity contribution in [2.75, 3.05) is 13.2 Å². The molecule has 1 fully saturated rings. The van der Waals surface area contributed by atoms with Gasteiger partial charge in [-0.1, -0.05) is 157 Å². The maximum absolute atomic E-state index is 13.0. The number of carbonyl (C=O) groups is 2. The Balaban J connectivity index is 2.69. The third kappa shape index (κ3) is 33.4. The van der Waals surface area contributed by atoms with Crippen molar-refractivity contribution < 1.29 is 87.1 Å². The molecule has 10 atom stereocenters. The number of rotatable bonds is 39. The van der Waals surface area contributed by atoms with Gasteiger partial charge in [-0.3, -0.25) is 23.2 Å². The molecule has 0 saturated heterocycles. The number of aliphatic hydroxyl groups excluding tert-OH is 6. The van der Waals surface area contributed by atoms with E-state index in [1.807, 2.05) is 37.3 Å². The van der Waals surface area contributed by atoms with Crippen molar-refractivity contribution in [3.05, 3.63) is 85.1 Å². The van der Waals surface area contributed by atoms with Crippen molar-refractivity contribution in [3.8, 4) is 0 Å². The summed E-state index contributed by atoms with van der Waals surface area (Å²) in [6, 6.07) is 0. The molecule has 0 aromatic heterocycles. The minimum Gasteiger partial charge on any atom is -0.462 e. The molecule has 20 heteroatoms. The van der Waals surface area contributed by atoms with Gasteiger partial charge in [0.15, 0.2) is 6.10 Å². The topological polar surface area (TPSA) is 296 Å². The summed E-state index contributed by atoms with van der Waals surface area (Å²) in [5, 5.41) is 61.4. The standard InChI is InChI=1S/C49H82O18P2/c1-3-5-7-8-9-10-11-12-13-14-15-16-20-23-29-35-42(52)63-37-41(38-64-69(61,62)67-49-46(56)44(54)45(55)48(47(49)57)66-68(58,59)60)65-43(53)36-30-24-28-34-40(51)33-27-22-19-17-18-21-26-32-39(50)31-25-6-4-2/h5-7,18-19,21-22,25-28,32-34,39-41,44-51,54-57H,3-4,8-17,20,23-24,29-31,35-38H2,1-2H3,(H,61,62)(H2,58,59,60)/b7-5-,21-18-,22-19-,25-6-,32-26+,33-27+,34-28-/t39-,40-,41+,44?,45?,46?,47?,48+,49-/m0/s1. The lowest BCUT2D eigenvalue weighted by molar-refractivity contribution is -0.216. The molecular weight excluding hydrogens is 938 g/mol. The van der Waals surface area contributed by atoms with E-state index in [1.54, 1.807) is 36.5 Å². The van der Waals surface area contributed by atoms with Gasteiger partial charge in [-0.25, -0.2) is 9.13 Å². The third-order valence-corrected chi connectivity index (χ3v) is 12.1. The van der Waals surface area contributed by atoms with Gasteiger partial charge in [-0.2, -0.15) is 0 Å². The quantitative estimate of drug-likeness (QED) is 0.00957. The molecular formula is C49H82O18P2. The zero-order valence-electron chi connectivity index (χ0n) is 40.4. The van der Waals surface area contributed by atoms with Crippen molar-refractivity contribution in [1.29, 1.82) is 0 Å². The number of hydrogen-bond donors (Lipinski definition) is 9. The highest BCUT2D eigenvalue weighted by Gasteiger charge is 2.54. The van der Waals surface area contributed by atoms with E-state index in [1.165, 1.54) is 44.6 Å². The fraction of sp³-hybridized carbons (Fsp3) is 0.673. The molecule has 18 nitrogen and oxygen atoms in total. The van der Waals surface area contributed by atoms with E-state index >= 15 is 0 Å². The second kappa shape index (κ2) is 38.7. The van der Waals surface area contributed by atoms with Crippen LogP contribution in [0.25, 0.3) is 0 Å². The molecule has 1 saturated carbocycles. The highest BCUT2D eigenvalue weighted by atomic mass is 31.2. The Kier molecular flexibility index (Phi) is 36.0. The van der Waals surface area contributed by atoms with Gasteiger partial charge in [0.1, 0.15) is 43.2 Å². The van der Waals surface area contributed by atoms with Crippen LogP contribution in [0.15, 0.2) is 85.1 Å². The van der Waals surface area contributed by atoms with Crippen LogP contribution < -0.4 is 0 Å². The number of esters is 2. The Morgan fingerprint density at radius 1 is 0.551 bits per heavy atom. The van der Waals surface area contributed by atoms with Crippen LogP contribution in [-0.4, -0.2) is 125 Å². The summed E-state index contributed by atoms with van der Waals surface area (Å²) in [6.45, 7) is 2.68. The predicted octanol–water partition coefficient (Wildman–Crippen LogP) is 7.34. The first kappa shape index (κ1) is 64.1. The van der Waals surface area contributed by atoms with Crippen LogP contribution in [0.4, 0.5) is 0 Å². The average molecular weight is 1020 g/mol. The lowest BCUT2D eigenvalue weighted by Crippen LogP contribution is -2.64. The summed E-state index contributed by atoms with van der Waals surface area (Å²) in [5.41, 5.74) is 0. The molecule has 0 aliphatic heterocycles. The molecule has 0 radical (unpaired) electrons. The summed E-state index contributed by atoms with van der Waals surface area (Å²) in [6.07, 6.45) is 26.0. The lowest BCUT2D eigenvalue weighted by atomic mass is 9.85. The summed E-state index contributed by atoms with van der Waals surface area (Å²) in [7, 11) is -10.8. The van der Waals surface area contributed by atoms with Gasteiger partial charge in [-0.15, -0.1) is 0 Å². The summed E-state index contributed by atoms with van der Waals surface area (Å²) < 4.78 is 49.2. The molecule has 0 aromatic rings. The molecule has 1 aliphatic carbocycles. The van der Waals surface area contributed by atoms with E-state index in [9.17, 15) is 64.0 Å². The van der Waals surface area contributed by atoms with Gasteiger partial charge < -0.3 is 54.8 Å². The van der Waals surface area contributed by atoms with Gasteiger partial charge in [0, 0.05) is 12.8 Å². The van der Waals surface area contributed by atoms with E-state index in [4.69, 9.17) is 18.5 Å². The first-order valence-corrected chi connectivity index (χ1v) is 27.4. The maximum Gasteiger partial charge on any atom is 0.472 e. The van der Waals surface area contributed by atoms with Crippen molar-refractivity contribution in [2.24, 2.45) is 0 Å². The molecule has 0 aromatic carbocycles. The molecule has 396 valence electrons. The Morgan fingerprint density at radius 3 is 1.70 bits per heavy atom. The number of carbonyl (C=O) groups excluding carboxylic acids is 2. The Labute approximate surface area is 409 Å². The second-order valence-corrected chi connectivity index (χ2v) is 19.4. The molecule has 1 rings (SSSR count). The minimum absolute atomic E-state index is 0.0725. The van der Waals surface area contributed by atoms with Crippen LogP contribution in [0.1, 0.15) is 142 Å². The van der Waals surface area contributed by atoms with Gasteiger partial charge in [0.05, 0.1) is 18.8 Å². The van der Waals surface area contributed by atoms with E-state index < -0.39 is 95.7 Å². The van der Waals surface area contributed by atoms with E-state index in [0.29, 0.717) is 25.7 Å². The highest BCUT2D eigenvalue weighted by Crippen LogP contribution is 2.49. The molecule has 69 heavy (non-hydrogen) atoms. The molecule has 0 amide bonds. The molecule has 1 aliphatic rings. The van der Waals surface area contributed by atoms with Crippen LogP contribution in [0.5, 0.6) is 0 Å². The number of hydrogen-bond acceptors (Lipinski definition) is 15. The van der Waals surface area contributed by atoms with E-state index in [2.05, 4.69) is 23.6 Å². The zero-order valence-corrected chi connectivity index (χ0v) is 42.2.